The minimum atomic E-state index is -0.666. The third kappa shape index (κ3) is 3.14. The molecule has 2 aliphatic rings. The van der Waals surface area contributed by atoms with Crippen LogP contribution in [-0.2, 0) is 25.7 Å². The number of amides is 2. The summed E-state index contributed by atoms with van der Waals surface area (Å²) in [5.74, 6) is -1.14. The Balaban J connectivity index is 1.33. The maximum Gasteiger partial charge on any atom is 0.326 e. The number of carbonyl (C=O) groups excluding carboxylic acids is 3. The molecule has 9 heteroatoms. The highest BCUT2D eigenvalue weighted by Gasteiger charge is 2.48. The highest BCUT2D eigenvalue weighted by atomic mass is 32.1. The van der Waals surface area contributed by atoms with Crippen LogP contribution in [0, 0.1) is 11.8 Å². The van der Waals surface area contributed by atoms with Crippen LogP contribution in [0.2, 0.25) is 0 Å². The molecule has 0 spiro atoms. The first kappa shape index (κ1) is 16.9. The predicted molar refractivity (Wildman–Crippen MR) is 89.6 cm³/mol. The monoisotopic (exact) mass is 375 g/mol. The molecule has 1 aliphatic carbocycles. The molecule has 2 unspecified atom stereocenters. The minimum Gasteiger partial charge on any atom is -0.454 e. The summed E-state index contributed by atoms with van der Waals surface area (Å²) in [7, 11) is 0. The molecule has 8 nitrogen and oxygen atoms in total. The van der Waals surface area contributed by atoms with Crippen molar-refractivity contribution < 1.29 is 23.6 Å². The van der Waals surface area contributed by atoms with Crippen molar-refractivity contribution in [3.8, 4) is 11.4 Å². The van der Waals surface area contributed by atoms with Gasteiger partial charge in [0.15, 0.2) is 6.61 Å². The van der Waals surface area contributed by atoms with Crippen molar-refractivity contribution in [2.24, 2.45) is 11.8 Å². The van der Waals surface area contributed by atoms with Crippen molar-refractivity contribution in [2.75, 3.05) is 6.54 Å². The lowest BCUT2D eigenvalue weighted by Gasteiger charge is -2.19. The lowest BCUT2D eigenvalue weighted by atomic mass is 9.81. The number of imide groups is 1. The Hall–Kier alpha value is -2.55. The van der Waals surface area contributed by atoms with Gasteiger partial charge in [-0.3, -0.25) is 19.3 Å². The third-order valence-corrected chi connectivity index (χ3v) is 5.51. The van der Waals surface area contributed by atoms with Gasteiger partial charge in [0.05, 0.1) is 11.8 Å². The molecule has 2 atom stereocenters. The standard InChI is InChI=1S/C17H17N3O5S/c21-14(7-20-16(22)11-3-1-2-4-12(11)17(20)23)24-8-13-18-15(19-25-13)10-5-6-26-9-10/h5-6,9,11-12H,1-4,7-8H2. The zero-order chi connectivity index (χ0) is 18.1. The Morgan fingerprint density at radius 3 is 2.65 bits per heavy atom. The normalized spacial score (nSPS) is 22.5. The van der Waals surface area contributed by atoms with Crippen molar-refractivity contribution in [1.29, 1.82) is 0 Å². The van der Waals surface area contributed by atoms with E-state index >= 15 is 0 Å². The number of hydrogen-bond acceptors (Lipinski definition) is 8. The SMILES string of the molecule is O=C(CN1C(=O)C2CCCCC2C1=O)OCc1nc(-c2ccsc2)no1. The van der Waals surface area contributed by atoms with E-state index in [-0.39, 0.29) is 42.7 Å². The predicted octanol–water partition coefficient (Wildman–Crippen LogP) is 2.02. The fourth-order valence-electron chi connectivity index (χ4n) is 3.53. The smallest absolute Gasteiger partial charge is 0.326 e. The summed E-state index contributed by atoms with van der Waals surface area (Å²) in [5.41, 5.74) is 0.826. The lowest BCUT2D eigenvalue weighted by molar-refractivity contribution is -0.154. The second-order valence-electron chi connectivity index (χ2n) is 6.44. The van der Waals surface area contributed by atoms with Gasteiger partial charge in [0.25, 0.3) is 5.89 Å². The lowest BCUT2D eigenvalue weighted by Crippen LogP contribution is -2.36. The van der Waals surface area contributed by atoms with Crippen LogP contribution in [0.3, 0.4) is 0 Å². The maximum atomic E-state index is 12.4. The summed E-state index contributed by atoms with van der Waals surface area (Å²) >= 11 is 1.51. The van der Waals surface area contributed by atoms with E-state index in [9.17, 15) is 14.4 Å². The van der Waals surface area contributed by atoms with Gasteiger partial charge in [0.1, 0.15) is 6.54 Å². The first-order valence-corrected chi connectivity index (χ1v) is 9.44. The van der Waals surface area contributed by atoms with Crippen molar-refractivity contribution in [3.63, 3.8) is 0 Å². The van der Waals surface area contributed by atoms with Crippen LogP contribution in [0.5, 0.6) is 0 Å². The zero-order valence-corrected chi connectivity index (χ0v) is 14.7. The molecule has 136 valence electrons. The first-order chi connectivity index (χ1) is 12.6. The van der Waals surface area contributed by atoms with Gasteiger partial charge in [-0.15, -0.1) is 0 Å². The van der Waals surface area contributed by atoms with E-state index in [2.05, 4.69) is 10.1 Å². The molecule has 26 heavy (non-hydrogen) atoms. The Morgan fingerprint density at radius 2 is 2.00 bits per heavy atom. The van der Waals surface area contributed by atoms with E-state index in [1.54, 1.807) is 0 Å². The van der Waals surface area contributed by atoms with Crippen LogP contribution in [0.1, 0.15) is 31.6 Å². The average Bonchev–Trinajstić information content (AvgIpc) is 3.38. The molecular formula is C17H17N3O5S. The second kappa shape index (κ2) is 6.99. The van der Waals surface area contributed by atoms with Crippen molar-refractivity contribution in [1.82, 2.24) is 15.0 Å². The van der Waals surface area contributed by atoms with Gasteiger partial charge in [-0.25, -0.2) is 0 Å². The molecule has 1 aliphatic heterocycles. The van der Waals surface area contributed by atoms with Gasteiger partial charge < -0.3 is 9.26 Å². The van der Waals surface area contributed by atoms with E-state index < -0.39 is 5.97 Å². The largest absolute Gasteiger partial charge is 0.454 e. The molecule has 3 heterocycles. The summed E-state index contributed by atoms with van der Waals surface area (Å²) in [5, 5.41) is 7.60. The molecule has 0 radical (unpaired) electrons. The summed E-state index contributed by atoms with van der Waals surface area (Å²) in [6, 6.07) is 1.86. The maximum absolute atomic E-state index is 12.4. The second-order valence-corrected chi connectivity index (χ2v) is 7.22. The highest BCUT2D eigenvalue weighted by Crippen LogP contribution is 2.37. The molecule has 2 amide bonds. The third-order valence-electron chi connectivity index (χ3n) is 4.82. The molecule has 0 N–H and O–H groups in total. The molecule has 2 aromatic heterocycles. The fourth-order valence-corrected chi connectivity index (χ4v) is 4.16. The molecule has 1 saturated heterocycles. The topological polar surface area (TPSA) is 103 Å². The number of fused-ring (bicyclic) bond motifs is 1. The Labute approximate surface area is 153 Å². The van der Waals surface area contributed by atoms with E-state index in [0.29, 0.717) is 18.7 Å². The van der Waals surface area contributed by atoms with Crippen LogP contribution >= 0.6 is 11.3 Å². The molecule has 4 rings (SSSR count). The van der Waals surface area contributed by atoms with Crippen LogP contribution in [0.15, 0.2) is 21.3 Å². The van der Waals surface area contributed by atoms with Crippen LogP contribution in [0.25, 0.3) is 11.4 Å². The van der Waals surface area contributed by atoms with Gasteiger partial charge in [-0.2, -0.15) is 16.3 Å². The quantitative estimate of drug-likeness (QED) is 0.582. The van der Waals surface area contributed by atoms with Gasteiger partial charge in [0, 0.05) is 10.9 Å². The number of nitrogens with zero attached hydrogens (tertiary/aromatic N) is 3. The van der Waals surface area contributed by atoms with Crippen molar-refractivity contribution >= 4 is 29.1 Å². The molecule has 2 fully saturated rings. The Morgan fingerprint density at radius 1 is 1.27 bits per heavy atom. The fraction of sp³-hybridized carbons (Fsp3) is 0.471. The number of aromatic nitrogens is 2. The van der Waals surface area contributed by atoms with Crippen LogP contribution in [0.4, 0.5) is 0 Å². The zero-order valence-electron chi connectivity index (χ0n) is 13.9. The van der Waals surface area contributed by atoms with Crippen molar-refractivity contribution in [3.05, 3.63) is 22.7 Å². The molecule has 1 saturated carbocycles. The number of hydrogen-bond donors (Lipinski definition) is 0. The molecule has 0 bridgehead atoms. The average molecular weight is 375 g/mol. The molecule has 2 aromatic rings. The summed E-state index contributed by atoms with van der Waals surface area (Å²) in [4.78, 5) is 41.9. The molecular weight excluding hydrogens is 358 g/mol. The van der Waals surface area contributed by atoms with E-state index in [0.717, 1.165) is 23.3 Å². The summed E-state index contributed by atoms with van der Waals surface area (Å²) < 4.78 is 10.1. The number of likely N-dealkylation sites (tertiary alicyclic amines) is 1. The van der Waals surface area contributed by atoms with E-state index in [1.807, 2.05) is 16.8 Å². The van der Waals surface area contributed by atoms with Gasteiger partial charge in [0.2, 0.25) is 17.6 Å². The van der Waals surface area contributed by atoms with Crippen LogP contribution < -0.4 is 0 Å². The summed E-state index contributed by atoms with van der Waals surface area (Å²) in [6.07, 6.45) is 3.33. The van der Waals surface area contributed by atoms with E-state index in [4.69, 9.17) is 9.26 Å². The summed E-state index contributed by atoms with van der Waals surface area (Å²) in [6.45, 7) is -0.560. The number of thiophene rings is 1. The molecule has 0 aromatic carbocycles. The van der Waals surface area contributed by atoms with Gasteiger partial charge in [-0.1, -0.05) is 18.0 Å². The highest BCUT2D eigenvalue weighted by molar-refractivity contribution is 7.08. The van der Waals surface area contributed by atoms with Crippen LogP contribution in [-0.4, -0.2) is 39.4 Å². The Bertz CT molecular complexity index is 807. The van der Waals surface area contributed by atoms with E-state index in [1.165, 1.54) is 11.3 Å². The van der Waals surface area contributed by atoms with Gasteiger partial charge >= 0.3 is 5.97 Å². The number of rotatable bonds is 5. The number of carbonyl (C=O) groups is 3. The first-order valence-electron chi connectivity index (χ1n) is 8.49. The van der Waals surface area contributed by atoms with Crippen molar-refractivity contribution in [2.45, 2.75) is 32.3 Å². The number of esters is 1. The number of ether oxygens (including phenoxy) is 1. The minimum absolute atomic E-state index is 0.160. The van der Waals surface area contributed by atoms with Gasteiger partial charge in [-0.05, 0) is 24.3 Å². The Kier molecular flexibility index (Phi) is 4.54.